The smallest absolute Gasteiger partial charge is 0.352 e. The van der Waals surface area contributed by atoms with Crippen molar-refractivity contribution in [3.8, 4) is 0 Å². The van der Waals surface area contributed by atoms with Crippen LogP contribution in [0.4, 0.5) is 10.8 Å². The molecule has 0 spiro atoms. The Balaban J connectivity index is 1.45. The molecule has 1 aromatic heterocycles. The van der Waals surface area contributed by atoms with E-state index in [1.165, 1.54) is 36.4 Å². The van der Waals surface area contributed by atoms with Crippen LogP contribution in [0.3, 0.4) is 0 Å². The number of thiazole rings is 1. The number of ether oxygens (including phenoxy) is 1. The highest BCUT2D eigenvalue weighted by atomic mass is 32.2. The van der Waals surface area contributed by atoms with Crippen LogP contribution in [0.1, 0.15) is 16.1 Å². The van der Waals surface area contributed by atoms with Crippen molar-refractivity contribution in [2.75, 3.05) is 25.2 Å². The number of nitrogens with one attached hydrogen (secondary N) is 1. The monoisotopic (exact) mass is 562 g/mol. The Kier molecular flexibility index (Phi) is 7.58. The second-order valence-electron chi connectivity index (χ2n) is 7.69. The fourth-order valence-corrected chi connectivity index (χ4v) is 5.53. The van der Waals surface area contributed by atoms with Crippen LogP contribution in [0.2, 0.25) is 0 Å². The average Bonchev–Trinajstić information content (AvgIpc) is 3.33. The number of esters is 1. The molecule has 4 N–H and O–H groups in total. The summed E-state index contributed by atoms with van der Waals surface area (Å²) in [6, 6.07) is 3.65. The number of benzene rings is 1. The van der Waals surface area contributed by atoms with E-state index in [1.807, 2.05) is 0 Å². The maximum Gasteiger partial charge on any atom is 0.352 e. The minimum atomic E-state index is -1.41. The van der Waals surface area contributed by atoms with Crippen molar-refractivity contribution in [2.45, 2.75) is 11.4 Å². The van der Waals surface area contributed by atoms with Gasteiger partial charge in [0.25, 0.3) is 17.5 Å². The molecule has 4 rings (SSSR count). The molecule has 2 atom stereocenters. The number of anilines is 1. The summed E-state index contributed by atoms with van der Waals surface area (Å²) < 4.78 is 5.20. The molecule has 1 saturated heterocycles. The van der Waals surface area contributed by atoms with Crippen molar-refractivity contribution >= 4 is 63.4 Å². The van der Waals surface area contributed by atoms with E-state index in [0.29, 0.717) is 0 Å². The molecule has 3 heterocycles. The summed E-state index contributed by atoms with van der Waals surface area (Å²) in [7, 11) is 1.23. The van der Waals surface area contributed by atoms with Crippen LogP contribution in [-0.4, -0.2) is 80.3 Å². The highest BCUT2D eigenvalue weighted by Crippen LogP contribution is 2.40. The zero-order valence-corrected chi connectivity index (χ0v) is 21.0. The summed E-state index contributed by atoms with van der Waals surface area (Å²) in [6.45, 7) is -0.423. The number of carbonyl (C=O) groups is 4. The van der Waals surface area contributed by atoms with E-state index >= 15 is 0 Å². The third-order valence-electron chi connectivity index (χ3n) is 5.39. The molecule has 0 aliphatic carbocycles. The second-order valence-corrected chi connectivity index (χ2v) is 9.69. The Labute approximate surface area is 221 Å². The number of aromatic nitrogens is 1. The highest BCUT2D eigenvalue weighted by molar-refractivity contribution is 8.00. The Morgan fingerprint density at radius 2 is 2.05 bits per heavy atom. The lowest BCUT2D eigenvalue weighted by Crippen LogP contribution is -2.71. The van der Waals surface area contributed by atoms with Crippen LogP contribution in [0.25, 0.3) is 0 Å². The molecule has 1 aromatic carbocycles. The number of amides is 2. The van der Waals surface area contributed by atoms with E-state index in [-0.39, 0.29) is 44.8 Å². The van der Waals surface area contributed by atoms with Crippen LogP contribution < -0.4 is 11.1 Å². The number of thioether (sulfide) groups is 1. The predicted octanol–water partition coefficient (Wildman–Crippen LogP) is 0.580. The van der Waals surface area contributed by atoms with Crippen LogP contribution in [0, 0.1) is 10.1 Å². The Bertz CT molecular complexity index is 1390. The number of nitro groups is 1. The van der Waals surface area contributed by atoms with Crippen molar-refractivity contribution < 1.29 is 38.8 Å². The van der Waals surface area contributed by atoms with Crippen LogP contribution in [-0.2, 0) is 24.0 Å². The topological polar surface area (TPSA) is 217 Å². The summed E-state index contributed by atoms with van der Waals surface area (Å²) in [5.41, 5.74) is 5.20. The number of carboxylic acids is 1. The summed E-state index contributed by atoms with van der Waals surface area (Å²) >= 11 is 2.25. The molecule has 15 nitrogen and oxygen atoms in total. The molecular formula is C21H18N6O9S2. The fourth-order valence-electron chi connectivity index (χ4n) is 3.65. The summed E-state index contributed by atoms with van der Waals surface area (Å²) in [4.78, 5) is 69.9. The highest BCUT2D eigenvalue weighted by Gasteiger charge is 2.54. The number of fused-ring (bicyclic) bond motifs is 1. The Hall–Kier alpha value is -4.51. The second kappa shape index (κ2) is 10.9. The van der Waals surface area contributed by atoms with Gasteiger partial charge in [0.1, 0.15) is 36.5 Å². The maximum absolute atomic E-state index is 12.9. The summed E-state index contributed by atoms with van der Waals surface area (Å²) in [5, 5.41) is 27.7. The summed E-state index contributed by atoms with van der Waals surface area (Å²) in [5.74, 6) is -3.58. The lowest BCUT2D eigenvalue weighted by molar-refractivity contribution is -0.384. The SMILES string of the molecule is CON=C(C(=O)NC1C(=O)N2C(C(=O)O)=C(COC(=O)c3ccc([N+](=O)[O-])cc3)CS[C@@H]12)c1csc(N)n1. The number of β-lactam (4-membered cyclic amide) rings is 1. The van der Waals surface area contributed by atoms with Crippen molar-refractivity contribution in [3.05, 3.63) is 62.3 Å². The third kappa shape index (κ3) is 5.14. The Morgan fingerprint density at radius 1 is 1.34 bits per heavy atom. The minimum Gasteiger partial charge on any atom is -0.477 e. The number of oxime groups is 1. The molecule has 0 radical (unpaired) electrons. The molecule has 2 aliphatic rings. The quantitative estimate of drug-likeness (QED) is 0.126. The van der Waals surface area contributed by atoms with Crippen molar-refractivity contribution in [3.63, 3.8) is 0 Å². The van der Waals surface area contributed by atoms with Crippen molar-refractivity contribution in [1.82, 2.24) is 15.2 Å². The number of carbonyl (C=O) groups excluding carboxylic acids is 3. The third-order valence-corrected chi connectivity index (χ3v) is 7.40. The predicted molar refractivity (Wildman–Crippen MR) is 133 cm³/mol. The van der Waals surface area contributed by atoms with Gasteiger partial charge in [-0.05, 0) is 12.1 Å². The van der Waals surface area contributed by atoms with E-state index in [1.54, 1.807) is 0 Å². The number of nitrogens with two attached hydrogens (primary N) is 1. The van der Waals surface area contributed by atoms with Gasteiger partial charge in [0.2, 0.25) is 0 Å². The average molecular weight is 563 g/mol. The standard InChI is InChI=1S/C21H18N6O9S2/c1-35-25-13(12-8-38-21(22)23-12)16(28)24-14-17(29)26-15(19(30)31)10(7-37-18(14)26)6-36-20(32)9-2-4-11(5-3-9)27(33)34/h2-5,8,14,18H,6-7H2,1H3,(H2,22,23)(H,24,28)(H,30,31)/t14?,18-/m0/s1. The molecule has 1 unspecified atom stereocenters. The molecule has 2 amide bonds. The number of hydrogen-bond donors (Lipinski definition) is 3. The van der Waals surface area contributed by atoms with Crippen LogP contribution in [0.5, 0.6) is 0 Å². The van der Waals surface area contributed by atoms with Gasteiger partial charge in [-0.15, -0.1) is 23.1 Å². The molecule has 38 heavy (non-hydrogen) atoms. The Morgan fingerprint density at radius 3 is 2.63 bits per heavy atom. The van der Waals surface area contributed by atoms with Gasteiger partial charge in [-0.1, -0.05) is 5.16 Å². The number of rotatable bonds is 9. The van der Waals surface area contributed by atoms with Gasteiger partial charge in [0, 0.05) is 28.8 Å². The molecule has 2 aromatic rings. The number of nitrogen functional groups attached to an aromatic ring is 1. The van der Waals surface area contributed by atoms with Crippen LogP contribution in [0.15, 0.2) is 46.1 Å². The van der Waals surface area contributed by atoms with Gasteiger partial charge >= 0.3 is 11.9 Å². The molecule has 0 saturated carbocycles. The zero-order chi connectivity index (χ0) is 27.6. The normalized spacial score (nSPS) is 18.8. The van der Waals surface area contributed by atoms with Crippen LogP contribution >= 0.6 is 23.1 Å². The first-order valence-corrected chi connectivity index (χ1v) is 12.5. The number of nitro benzene ring substituents is 1. The summed E-state index contributed by atoms with van der Waals surface area (Å²) in [6.07, 6.45) is 0. The zero-order valence-electron chi connectivity index (χ0n) is 19.4. The van der Waals surface area contributed by atoms with E-state index in [2.05, 4.69) is 15.5 Å². The molecule has 198 valence electrons. The number of hydrogen-bond acceptors (Lipinski definition) is 13. The van der Waals surface area contributed by atoms with E-state index in [4.69, 9.17) is 15.3 Å². The first-order valence-electron chi connectivity index (χ1n) is 10.6. The van der Waals surface area contributed by atoms with Gasteiger partial charge in [0.05, 0.1) is 10.5 Å². The maximum atomic E-state index is 12.9. The van der Waals surface area contributed by atoms with Gasteiger partial charge in [0.15, 0.2) is 10.8 Å². The number of carboxylic acid groups (broad SMARTS) is 1. The van der Waals surface area contributed by atoms with Gasteiger partial charge in [-0.3, -0.25) is 24.6 Å². The first kappa shape index (κ1) is 26.6. The van der Waals surface area contributed by atoms with Gasteiger partial charge in [-0.2, -0.15) is 0 Å². The lowest BCUT2D eigenvalue weighted by atomic mass is 10.0. The molecule has 1 fully saturated rings. The number of nitrogens with zero attached hydrogens (tertiary/aromatic N) is 4. The van der Waals surface area contributed by atoms with E-state index in [9.17, 15) is 34.4 Å². The number of aliphatic carboxylic acids is 1. The lowest BCUT2D eigenvalue weighted by Gasteiger charge is -2.49. The van der Waals surface area contributed by atoms with Crippen molar-refractivity contribution in [1.29, 1.82) is 0 Å². The van der Waals surface area contributed by atoms with Gasteiger partial charge < -0.3 is 25.7 Å². The van der Waals surface area contributed by atoms with E-state index in [0.717, 1.165) is 28.4 Å². The van der Waals surface area contributed by atoms with E-state index < -0.39 is 46.7 Å². The van der Waals surface area contributed by atoms with Gasteiger partial charge in [-0.25, -0.2) is 14.6 Å². The largest absolute Gasteiger partial charge is 0.477 e. The molecular weight excluding hydrogens is 544 g/mol. The first-order chi connectivity index (χ1) is 18.1. The number of non-ortho nitro benzene ring substituents is 1. The minimum absolute atomic E-state index is 0.0348. The van der Waals surface area contributed by atoms with Crippen molar-refractivity contribution in [2.24, 2.45) is 5.16 Å². The molecule has 0 bridgehead atoms. The fraction of sp³-hybridized carbons (Fsp3) is 0.238. The molecule has 17 heteroatoms. The molecule has 2 aliphatic heterocycles.